The van der Waals surface area contributed by atoms with Crippen molar-refractivity contribution in [3.05, 3.63) is 23.5 Å². The lowest BCUT2D eigenvalue weighted by Gasteiger charge is -2.22. The highest BCUT2D eigenvalue weighted by molar-refractivity contribution is 7.89. The molecule has 0 aromatic heterocycles. The van der Waals surface area contributed by atoms with E-state index in [1.165, 1.54) is 14.0 Å². The summed E-state index contributed by atoms with van der Waals surface area (Å²) in [6.45, 7) is 1.84. The Kier molecular flexibility index (Phi) is 6.08. The summed E-state index contributed by atoms with van der Waals surface area (Å²) in [5.41, 5.74) is 5.49. The number of aryl methyl sites for hydroxylation is 1. The molecule has 0 atom stereocenters. The molecule has 0 unspecified atom stereocenters. The van der Waals surface area contributed by atoms with Crippen LogP contribution in [0.5, 0.6) is 0 Å². The second-order valence-electron chi connectivity index (χ2n) is 4.44. The largest absolute Gasteiger partial charge is 0.396 e. The van der Waals surface area contributed by atoms with Gasteiger partial charge < -0.3 is 10.5 Å². The summed E-state index contributed by atoms with van der Waals surface area (Å²) < 4.78 is 44.6. The van der Waals surface area contributed by atoms with Gasteiger partial charge in [0.2, 0.25) is 10.0 Å². The summed E-state index contributed by atoms with van der Waals surface area (Å²) in [7, 11) is -2.41. The zero-order chi connectivity index (χ0) is 16.0. The van der Waals surface area contributed by atoms with Crippen molar-refractivity contribution in [3.8, 4) is 6.07 Å². The maximum Gasteiger partial charge on any atom is 0.243 e. The van der Waals surface area contributed by atoms with E-state index in [1.807, 2.05) is 6.07 Å². The van der Waals surface area contributed by atoms with Gasteiger partial charge in [-0.2, -0.15) is 9.57 Å². The van der Waals surface area contributed by atoms with Gasteiger partial charge in [0.25, 0.3) is 0 Å². The third kappa shape index (κ3) is 4.14. The normalized spacial score (nSPS) is 11.6. The number of nitrogen functional groups attached to an aromatic ring is 1. The molecule has 2 N–H and O–H groups in total. The van der Waals surface area contributed by atoms with E-state index >= 15 is 0 Å². The molecule has 0 aliphatic rings. The zero-order valence-electron chi connectivity index (χ0n) is 12.0. The number of rotatable bonds is 7. The summed E-state index contributed by atoms with van der Waals surface area (Å²) in [5, 5.41) is 8.64. The molecule has 0 aliphatic carbocycles. The van der Waals surface area contributed by atoms with Crippen LogP contribution in [0.4, 0.5) is 10.1 Å². The fourth-order valence-electron chi connectivity index (χ4n) is 1.81. The molecule has 8 heteroatoms. The predicted octanol–water partition coefficient (Wildman–Crippen LogP) is 1.27. The Morgan fingerprint density at radius 3 is 2.67 bits per heavy atom. The Morgan fingerprint density at radius 1 is 1.43 bits per heavy atom. The van der Waals surface area contributed by atoms with E-state index in [0.29, 0.717) is 0 Å². The van der Waals surface area contributed by atoms with Crippen LogP contribution in [0.1, 0.15) is 12.0 Å². The zero-order valence-corrected chi connectivity index (χ0v) is 12.8. The van der Waals surface area contributed by atoms with E-state index < -0.39 is 15.8 Å². The highest BCUT2D eigenvalue weighted by Crippen LogP contribution is 2.24. The summed E-state index contributed by atoms with van der Waals surface area (Å²) in [6, 6.07) is 4.09. The maximum absolute atomic E-state index is 13.4. The molecule has 0 saturated carbocycles. The van der Waals surface area contributed by atoms with E-state index in [2.05, 4.69) is 0 Å². The molecule has 6 nitrogen and oxygen atoms in total. The van der Waals surface area contributed by atoms with Crippen molar-refractivity contribution in [1.29, 1.82) is 5.26 Å². The van der Waals surface area contributed by atoms with Crippen LogP contribution < -0.4 is 5.73 Å². The Bertz CT molecular complexity index is 641. The Labute approximate surface area is 124 Å². The van der Waals surface area contributed by atoms with Gasteiger partial charge in [-0.3, -0.25) is 0 Å². The Hall–Kier alpha value is -1.69. The van der Waals surface area contributed by atoms with Gasteiger partial charge in [0.1, 0.15) is 5.82 Å². The highest BCUT2D eigenvalue weighted by Gasteiger charge is 2.26. The smallest absolute Gasteiger partial charge is 0.243 e. The summed E-state index contributed by atoms with van der Waals surface area (Å²) >= 11 is 0. The van der Waals surface area contributed by atoms with Gasteiger partial charge in [-0.05, 0) is 24.6 Å². The van der Waals surface area contributed by atoms with Crippen molar-refractivity contribution in [2.75, 3.05) is 32.5 Å². The van der Waals surface area contributed by atoms with E-state index in [1.54, 1.807) is 0 Å². The fourth-order valence-corrected chi connectivity index (χ4v) is 3.47. The highest BCUT2D eigenvalue weighted by atomic mass is 32.2. The van der Waals surface area contributed by atoms with Gasteiger partial charge in [-0.1, -0.05) is 0 Å². The van der Waals surface area contributed by atoms with Gasteiger partial charge >= 0.3 is 0 Å². The van der Waals surface area contributed by atoms with Crippen LogP contribution in [-0.4, -0.2) is 39.5 Å². The van der Waals surface area contributed by atoms with Crippen molar-refractivity contribution in [2.45, 2.75) is 18.2 Å². The Balaban J connectivity index is 3.22. The topological polar surface area (TPSA) is 96.4 Å². The molecule has 0 radical (unpaired) electrons. The monoisotopic (exact) mass is 315 g/mol. The number of ether oxygens (including phenoxy) is 1. The van der Waals surface area contributed by atoms with Crippen LogP contribution in [0.2, 0.25) is 0 Å². The molecule has 1 aromatic rings. The first-order chi connectivity index (χ1) is 9.84. The van der Waals surface area contributed by atoms with E-state index in [0.717, 1.165) is 16.4 Å². The number of hydrogen-bond donors (Lipinski definition) is 1. The number of hydrogen-bond acceptors (Lipinski definition) is 5. The maximum atomic E-state index is 13.4. The first-order valence-electron chi connectivity index (χ1n) is 6.26. The van der Waals surface area contributed by atoms with Crippen LogP contribution in [0.15, 0.2) is 17.0 Å². The van der Waals surface area contributed by atoms with Crippen molar-refractivity contribution in [1.82, 2.24) is 4.31 Å². The second kappa shape index (κ2) is 7.36. The number of halogens is 1. The third-order valence-electron chi connectivity index (χ3n) is 2.93. The lowest BCUT2D eigenvalue weighted by Crippen LogP contribution is -2.35. The minimum Gasteiger partial charge on any atom is -0.396 e. The lowest BCUT2D eigenvalue weighted by molar-refractivity contribution is 0.179. The molecule has 0 heterocycles. The van der Waals surface area contributed by atoms with Crippen LogP contribution in [0, 0.1) is 24.1 Å². The van der Waals surface area contributed by atoms with Gasteiger partial charge in [0.05, 0.1) is 23.3 Å². The second-order valence-corrected chi connectivity index (χ2v) is 6.35. The first-order valence-corrected chi connectivity index (χ1v) is 7.70. The van der Waals surface area contributed by atoms with Crippen molar-refractivity contribution < 1.29 is 17.5 Å². The van der Waals surface area contributed by atoms with Gasteiger partial charge in [-0.25, -0.2) is 12.8 Å². The number of methoxy groups -OCH3 is 1. The number of sulfonamides is 1. The molecule has 0 aliphatic heterocycles. The quantitative estimate of drug-likeness (QED) is 0.764. The third-order valence-corrected chi connectivity index (χ3v) is 4.97. The van der Waals surface area contributed by atoms with Crippen LogP contribution in [0.25, 0.3) is 0 Å². The average Bonchev–Trinajstić information content (AvgIpc) is 2.42. The molecular weight excluding hydrogens is 297 g/mol. The van der Waals surface area contributed by atoms with Crippen LogP contribution in [-0.2, 0) is 14.8 Å². The molecule has 1 aromatic carbocycles. The van der Waals surface area contributed by atoms with Crippen LogP contribution in [0.3, 0.4) is 0 Å². The molecular formula is C13H18FN3O3S. The number of nitrogens with two attached hydrogens (primary N) is 1. The first kappa shape index (κ1) is 17.4. The number of benzene rings is 1. The molecule has 1 rings (SSSR count). The Morgan fingerprint density at radius 2 is 2.10 bits per heavy atom. The van der Waals surface area contributed by atoms with Crippen molar-refractivity contribution >= 4 is 15.7 Å². The minimum absolute atomic E-state index is 0.0406. The minimum atomic E-state index is -3.86. The molecule has 21 heavy (non-hydrogen) atoms. The van der Waals surface area contributed by atoms with E-state index in [9.17, 15) is 12.8 Å². The van der Waals surface area contributed by atoms with E-state index in [-0.39, 0.29) is 42.3 Å². The summed E-state index contributed by atoms with van der Waals surface area (Å²) in [5.74, 6) is -0.660. The standard InChI is InChI=1S/C13H18FN3O3S/c1-10-8-11(14)12(16)9-13(10)21(18,19)17(5-3-4-15)6-7-20-2/h8-9H,3,5-7,16H2,1-2H3. The molecule has 0 bridgehead atoms. The lowest BCUT2D eigenvalue weighted by atomic mass is 10.2. The van der Waals surface area contributed by atoms with Gasteiger partial charge in [-0.15, -0.1) is 0 Å². The number of anilines is 1. The molecule has 116 valence electrons. The van der Waals surface area contributed by atoms with Crippen molar-refractivity contribution in [3.63, 3.8) is 0 Å². The van der Waals surface area contributed by atoms with Crippen molar-refractivity contribution in [2.24, 2.45) is 0 Å². The summed E-state index contributed by atoms with van der Waals surface area (Å²) in [6.07, 6.45) is 0.0542. The van der Waals surface area contributed by atoms with Gasteiger partial charge in [0.15, 0.2) is 0 Å². The number of nitriles is 1. The molecule has 0 fully saturated rings. The predicted molar refractivity (Wildman–Crippen MR) is 76.4 cm³/mol. The van der Waals surface area contributed by atoms with E-state index in [4.69, 9.17) is 15.7 Å². The SMILES string of the molecule is COCCN(CCC#N)S(=O)(=O)c1cc(N)c(F)cc1C. The van der Waals surface area contributed by atoms with Crippen LogP contribution >= 0.6 is 0 Å². The fraction of sp³-hybridized carbons (Fsp3) is 0.462. The molecule has 0 spiro atoms. The molecule has 0 amide bonds. The molecule has 0 saturated heterocycles. The van der Waals surface area contributed by atoms with Gasteiger partial charge in [0, 0.05) is 26.6 Å². The average molecular weight is 315 g/mol. The number of nitrogens with zero attached hydrogens (tertiary/aromatic N) is 2. The summed E-state index contributed by atoms with van der Waals surface area (Å²) in [4.78, 5) is -0.0598.